The minimum absolute atomic E-state index is 0.0734. The second-order valence-electron chi connectivity index (χ2n) is 4.32. The molecule has 0 amide bonds. The molecular weight excluding hydrogens is 202 g/mol. The standard InChI is InChI=1S/C13H19NO2/c1-2-7-14-13(9-15)10-16-8-11-5-3-4-6-12(11)13/h3-6,14-15H,2,7-10H2,1H3. The first kappa shape index (κ1) is 11.6. The van der Waals surface area contributed by atoms with Gasteiger partial charge in [-0.2, -0.15) is 0 Å². The molecule has 3 heteroatoms. The zero-order valence-corrected chi connectivity index (χ0v) is 9.70. The molecule has 1 unspecified atom stereocenters. The molecule has 1 aromatic carbocycles. The topological polar surface area (TPSA) is 41.5 Å². The van der Waals surface area contributed by atoms with Crippen molar-refractivity contribution in [2.75, 3.05) is 19.8 Å². The number of rotatable bonds is 4. The maximum absolute atomic E-state index is 9.67. The largest absolute Gasteiger partial charge is 0.394 e. The van der Waals surface area contributed by atoms with Crippen LogP contribution in [0.4, 0.5) is 0 Å². The first-order chi connectivity index (χ1) is 7.82. The van der Waals surface area contributed by atoms with Crippen LogP contribution < -0.4 is 5.32 Å². The fourth-order valence-corrected chi connectivity index (χ4v) is 2.22. The first-order valence-electron chi connectivity index (χ1n) is 5.84. The van der Waals surface area contributed by atoms with Crippen LogP contribution in [0.2, 0.25) is 0 Å². The third-order valence-corrected chi connectivity index (χ3v) is 3.12. The van der Waals surface area contributed by atoms with Crippen LogP contribution in [-0.2, 0) is 16.9 Å². The van der Waals surface area contributed by atoms with Crippen LogP contribution in [0.15, 0.2) is 24.3 Å². The van der Waals surface area contributed by atoms with Gasteiger partial charge >= 0.3 is 0 Å². The lowest BCUT2D eigenvalue weighted by Crippen LogP contribution is -2.52. The van der Waals surface area contributed by atoms with E-state index in [0.717, 1.165) is 13.0 Å². The molecule has 1 aromatic rings. The van der Waals surface area contributed by atoms with Gasteiger partial charge in [-0.25, -0.2) is 0 Å². The first-order valence-corrected chi connectivity index (χ1v) is 5.84. The summed E-state index contributed by atoms with van der Waals surface area (Å²) < 4.78 is 5.58. The highest BCUT2D eigenvalue weighted by Crippen LogP contribution is 2.29. The molecule has 3 nitrogen and oxygen atoms in total. The van der Waals surface area contributed by atoms with Crippen molar-refractivity contribution in [3.63, 3.8) is 0 Å². The number of hydrogen-bond acceptors (Lipinski definition) is 3. The quantitative estimate of drug-likeness (QED) is 0.807. The van der Waals surface area contributed by atoms with Crippen molar-refractivity contribution in [1.29, 1.82) is 0 Å². The fourth-order valence-electron chi connectivity index (χ4n) is 2.22. The highest BCUT2D eigenvalue weighted by molar-refractivity contribution is 5.35. The maximum atomic E-state index is 9.67. The van der Waals surface area contributed by atoms with Gasteiger partial charge in [-0.15, -0.1) is 0 Å². The van der Waals surface area contributed by atoms with Gasteiger partial charge < -0.3 is 15.2 Å². The van der Waals surface area contributed by atoms with Crippen molar-refractivity contribution in [3.8, 4) is 0 Å². The molecular formula is C13H19NO2. The van der Waals surface area contributed by atoms with Crippen LogP contribution in [0.25, 0.3) is 0 Å². The van der Waals surface area contributed by atoms with Crippen LogP contribution in [-0.4, -0.2) is 24.9 Å². The second-order valence-corrected chi connectivity index (χ2v) is 4.32. The zero-order valence-electron chi connectivity index (χ0n) is 9.70. The molecule has 0 aromatic heterocycles. The van der Waals surface area contributed by atoms with Crippen LogP contribution >= 0.6 is 0 Å². The third-order valence-electron chi connectivity index (χ3n) is 3.12. The summed E-state index contributed by atoms with van der Waals surface area (Å²) in [5, 5.41) is 13.1. The van der Waals surface area contributed by atoms with Crippen LogP contribution in [0, 0.1) is 0 Å². The van der Waals surface area contributed by atoms with Gasteiger partial charge in [-0.1, -0.05) is 31.2 Å². The van der Waals surface area contributed by atoms with E-state index in [1.165, 1.54) is 11.1 Å². The Morgan fingerprint density at radius 2 is 2.25 bits per heavy atom. The van der Waals surface area contributed by atoms with Gasteiger partial charge in [0.2, 0.25) is 0 Å². The summed E-state index contributed by atoms with van der Waals surface area (Å²) in [6.45, 7) is 4.27. The average Bonchev–Trinajstić information content (AvgIpc) is 2.36. The lowest BCUT2D eigenvalue weighted by Gasteiger charge is -2.38. The molecule has 0 saturated heterocycles. The second kappa shape index (κ2) is 4.95. The summed E-state index contributed by atoms with van der Waals surface area (Å²) in [6, 6.07) is 8.17. The lowest BCUT2D eigenvalue weighted by atomic mass is 9.86. The minimum atomic E-state index is -0.412. The Hall–Kier alpha value is -0.900. The molecule has 0 fully saturated rings. The Balaban J connectivity index is 2.33. The summed E-state index contributed by atoms with van der Waals surface area (Å²) in [7, 11) is 0. The van der Waals surface area contributed by atoms with E-state index in [-0.39, 0.29) is 6.61 Å². The van der Waals surface area contributed by atoms with Crippen LogP contribution in [0.5, 0.6) is 0 Å². The molecule has 0 spiro atoms. The molecule has 0 aliphatic carbocycles. The zero-order chi connectivity index (χ0) is 11.4. The molecule has 1 aliphatic heterocycles. The number of fused-ring (bicyclic) bond motifs is 1. The highest BCUT2D eigenvalue weighted by Gasteiger charge is 2.35. The number of nitrogens with one attached hydrogen (secondary N) is 1. The third kappa shape index (κ3) is 1.98. The summed E-state index contributed by atoms with van der Waals surface area (Å²) >= 11 is 0. The van der Waals surface area contributed by atoms with Crippen molar-refractivity contribution >= 4 is 0 Å². The molecule has 1 atom stereocenters. The number of hydrogen-bond donors (Lipinski definition) is 2. The van der Waals surface area contributed by atoms with E-state index in [0.29, 0.717) is 13.2 Å². The number of benzene rings is 1. The summed E-state index contributed by atoms with van der Waals surface area (Å²) in [6.07, 6.45) is 1.05. The van der Waals surface area contributed by atoms with Crippen LogP contribution in [0.1, 0.15) is 24.5 Å². The molecule has 88 valence electrons. The van der Waals surface area contributed by atoms with Gasteiger partial charge in [0.15, 0.2) is 0 Å². The van der Waals surface area contributed by atoms with Crippen molar-refractivity contribution in [2.24, 2.45) is 0 Å². The van der Waals surface area contributed by atoms with Crippen molar-refractivity contribution in [2.45, 2.75) is 25.5 Å². The molecule has 1 aliphatic rings. The molecule has 2 rings (SSSR count). The van der Waals surface area contributed by atoms with Crippen molar-refractivity contribution < 1.29 is 9.84 Å². The van der Waals surface area contributed by atoms with E-state index in [1.54, 1.807) is 0 Å². The molecule has 1 heterocycles. The van der Waals surface area contributed by atoms with Crippen molar-refractivity contribution in [1.82, 2.24) is 5.32 Å². The van der Waals surface area contributed by atoms with E-state index < -0.39 is 5.54 Å². The van der Waals surface area contributed by atoms with E-state index >= 15 is 0 Å². The Kier molecular flexibility index (Phi) is 3.59. The predicted molar refractivity (Wildman–Crippen MR) is 63.2 cm³/mol. The molecule has 0 saturated carbocycles. The average molecular weight is 221 g/mol. The Labute approximate surface area is 96.4 Å². The van der Waals surface area contributed by atoms with E-state index in [2.05, 4.69) is 24.4 Å². The Morgan fingerprint density at radius 3 is 3.00 bits per heavy atom. The van der Waals surface area contributed by atoms with E-state index in [9.17, 15) is 5.11 Å². The van der Waals surface area contributed by atoms with Gasteiger partial charge in [0, 0.05) is 0 Å². The molecule has 2 N–H and O–H groups in total. The number of aliphatic hydroxyl groups is 1. The van der Waals surface area contributed by atoms with Gasteiger partial charge in [0.05, 0.1) is 25.4 Å². The van der Waals surface area contributed by atoms with E-state index in [4.69, 9.17) is 4.74 Å². The predicted octanol–water partition coefficient (Wildman–Crippen LogP) is 1.40. The normalized spacial score (nSPS) is 24.1. The van der Waals surface area contributed by atoms with Gasteiger partial charge in [0.25, 0.3) is 0 Å². The number of aliphatic hydroxyl groups excluding tert-OH is 1. The monoisotopic (exact) mass is 221 g/mol. The minimum Gasteiger partial charge on any atom is -0.394 e. The molecule has 0 bridgehead atoms. The summed E-state index contributed by atoms with van der Waals surface area (Å²) in [5.74, 6) is 0. The Bertz CT molecular complexity index is 354. The summed E-state index contributed by atoms with van der Waals surface area (Å²) in [4.78, 5) is 0. The lowest BCUT2D eigenvalue weighted by molar-refractivity contribution is 0.00737. The van der Waals surface area contributed by atoms with Gasteiger partial charge in [0.1, 0.15) is 0 Å². The van der Waals surface area contributed by atoms with Crippen molar-refractivity contribution in [3.05, 3.63) is 35.4 Å². The highest BCUT2D eigenvalue weighted by atomic mass is 16.5. The smallest absolute Gasteiger partial charge is 0.0909 e. The van der Waals surface area contributed by atoms with Crippen LogP contribution in [0.3, 0.4) is 0 Å². The SMILES string of the molecule is CCCNC1(CO)COCc2ccccc21. The number of ether oxygens (including phenoxy) is 1. The molecule has 0 radical (unpaired) electrons. The van der Waals surface area contributed by atoms with Gasteiger partial charge in [-0.05, 0) is 24.1 Å². The fraction of sp³-hybridized carbons (Fsp3) is 0.538. The molecule has 16 heavy (non-hydrogen) atoms. The maximum Gasteiger partial charge on any atom is 0.0909 e. The summed E-state index contributed by atoms with van der Waals surface area (Å²) in [5.41, 5.74) is 1.94. The Morgan fingerprint density at radius 1 is 1.44 bits per heavy atom. The van der Waals surface area contributed by atoms with Gasteiger partial charge in [-0.3, -0.25) is 0 Å². The van der Waals surface area contributed by atoms with E-state index in [1.807, 2.05) is 12.1 Å².